The molecule has 40 heavy (non-hydrogen) atoms. The van der Waals surface area contributed by atoms with Gasteiger partial charge in [-0.1, -0.05) is 89.1 Å². The van der Waals surface area contributed by atoms with Crippen molar-refractivity contribution in [2.75, 3.05) is 11.5 Å². The molecule has 0 unspecified atom stereocenters. The Hall–Kier alpha value is -2.01. The van der Waals surface area contributed by atoms with Gasteiger partial charge in [0.1, 0.15) is 12.1 Å². The Labute approximate surface area is 245 Å². The molecule has 0 aromatic heterocycles. The lowest BCUT2D eigenvalue weighted by Crippen LogP contribution is -2.56. The zero-order valence-electron chi connectivity index (χ0n) is 24.4. The summed E-state index contributed by atoms with van der Waals surface area (Å²) in [5.41, 5.74) is 1.11. The van der Waals surface area contributed by atoms with Crippen molar-refractivity contribution < 1.29 is 19.8 Å². The molecule has 3 rings (SSSR count). The Balaban J connectivity index is 1.71. The predicted octanol–water partition coefficient (Wildman–Crippen LogP) is 4.72. The molecule has 2 amide bonds. The molecule has 0 spiro atoms. The Morgan fingerprint density at radius 3 is 2.25 bits per heavy atom. The Morgan fingerprint density at radius 2 is 1.62 bits per heavy atom. The molecule has 1 aromatic carbocycles. The third kappa shape index (κ3) is 11.5. The van der Waals surface area contributed by atoms with Crippen molar-refractivity contribution >= 4 is 23.6 Å². The van der Waals surface area contributed by atoms with E-state index in [1.807, 2.05) is 30.3 Å². The monoisotopic (exact) mass is 570 g/mol. The van der Waals surface area contributed by atoms with Crippen LogP contribution in [0.25, 0.3) is 0 Å². The zero-order chi connectivity index (χ0) is 28.9. The lowest BCUT2D eigenvalue weighted by Gasteiger charge is -2.33. The molecule has 2 fully saturated rings. The van der Waals surface area contributed by atoms with Crippen molar-refractivity contribution in [3.05, 3.63) is 35.9 Å². The number of carbonyl (C=O) groups is 2. The quantitative estimate of drug-likeness (QED) is 0.203. The second-order valence-electron chi connectivity index (χ2n) is 12.4. The third-order valence-electron chi connectivity index (χ3n) is 8.14. The van der Waals surface area contributed by atoms with Crippen LogP contribution in [-0.4, -0.2) is 57.8 Å². The fourth-order valence-electron chi connectivity index (χ4n) is 5.64. The summed E-state index contributed by atoms with van der Waals surface area (Å²) in [4.78, 5) is 27.4. The SMILES string of the molecule is C#CC[C@H](O)[C@H](O)[C@H](CC1CCCCC1)NC(=O)[C@H](CC1CC1)NC(=O)[C@@H](CSCC(C)C)Cc1ccccc1. The fraction of sp³-hybridized carbons (Fsp3) is 0.697. The lowest BCUT2D eigenvalue weighted by atomic mass is 9.82. The molecule has 0 aliphatic heterocycles. The van der Waals surface area contributed by atoms with Crippen molar-refractivity contribution in [1.29, 1.82) is 0 Å². The Morgan fingerprint density at radius 1 is 0.950 bits per heavy atom. The number of hydrogen-bond donors (Lipinski definition) is 4. The van der Waals surface area contributed by atoms with Gasteiger partial charge in [-0.05, 0) is 48.3 Å². The van der Waals surface area contributed by atoms with Gasteiger partial charge >= 0.3 is 0 Å². The maximum Gasteiger partial charge on any atom is 0.242 e. The van der Waals surface area contributed by atoms with Gasteiger partial charge in [-0.2, -0.15) is 11.8 Å². The molecule has 0 heterocycles. The van der Waals surface area contributed by atoms with Gasteiger partial charge in [-0.15, -0.1) is 12.3 Å². The first-order valence-corrected chi connectivity index (χ1v) is 16.4. The van der Waals surface area contributed by atoms with Gasteiger partial charge in [-0.3, -0.25) is 9.59 Å². The number of amides is 2. The number of terminal acetylenes is 1. The maximum absolute atomic E-state index is 13.7. The summed E-state index contributed by atoms with van der Waals surface area (Å²) in [5, 5.41) is 27.6. The van der Waals surface area contributed by atoms with Crippen LogP contribution in [0.5, 0.6) is 0 Å². The first-order valence-electron chi connectivity index (χ1n) is 15.3. The highest BCUT2D eigenvalue weighted by molar-refractivity contribution is 7.99. The average molecular weight is 571 g/mol. The van der Waals surface area contributed by atoms with E-state index in [0.29, 0.717) is 42.8 Å². The molecule has 4 N–H and O–H groups in total. The molecular formula is C33H50N2O4S. The fourth-order valence-corrected chi connectivity index (χ4v) is 6.80. The highest BCUT2D eigenvalue weighted by Gasteiger charge is 2.36. The topological polar surface area (TPSA) is 98.7 Å². The molecule has 2 aliphatic rings. The maximum atomic E-state index is 13.7. The minimum Gasteiger partial charge on any atom is -0.389 e. The van der Waals surface area contributed by atoms with Crippen molar-refractivity contribution in [3.8, 4) is 12.3 Å². The molecule has 6 nitrogen and oxygen atoms in total. The number of carbonyl (C=O) groups excluding carboxylic acids is 2. The van der Waals surface area contributed by atoms with Crippen LogP contribution in [0.3, 0.4) is 0 Å². The van der Waals surface area contributed by atoms with E-state index >= 15 is 0 Å². The van der Waals surface area contributed by atoms with E-state index in [-0.39, 0.29) is 24.2 Å². The summed E-state index contributed by atoms with van der Waals surface area (Å²) in [6.07, 6.45) is 12.7. The summed E-state index contributed by atoms with van der Waals surface area (Å²) in [6, 6.07) is 8.75. The molecule has 5 atom stereocenters. The summed E-state index contributed by atoms with van der Waals surface area (Å²) in [6.45, 7) is 4.35. The van der Waals surface area contributed by atoms with Crippen LogP contribution < -0.4 is 10.6 Å². The van der Waals surface area contributed by atoms with E-state index in [9.17, 15) is 19.8 Å². The van der Waals surface area contributed by atoms with Crippen molar-refractivity contribution in [1.82, 2.24) is 10.6 Å². The van der Waals surface area contributed by atoms with E-state index in [1.54, 1.807) is 11.8 Å². The second kappa shape index (κ2) is 17.1. The smallest absolute Gasteiger partial charge is 0.242 e. The molecular weight excluding hydrogens is 520 g/mol. The number of aliphatic hydroxyl groups is 2. The van der Waals surface area contributed by atoms with Crippen molar-refractivity contribution in [2.24, 2.45) is 23.7 Å². The first kappa shape index (κ1) is 32.5. The number of benzene rings is 1. The van der Waals surface area contributed by atoms with Crippen LogP contribution in [0.2, 0.25) is 0 Å². The van der Waals surface area contributed by atoms with E-state index in [1.165, 1.54) is 6.42 Å². The number of aliphatic hydroxyl groups excluding tert-OH is 2. The van der Waals surface area contributed by atoms with Gasteiger partial charge in [0.05, 0.1) is 18.1 Å². The van der Waals surface area contributed by atoms with E-state index in [2.05, 4.69) is 30.4 Å². The summed E-state index contributed by atoms with van der Waals surface area (Å²) >= 11 is 1.78. The van der Waals surface area contributed by atoms with Crippen LogP contribution in [0.1, 0.15) is 83.6 Å². The minimum absolute atomic E-state index is 0.0235. The van der Waals surface area contributed by atoms with Gasteiger partial charge < -0.3 is 20.8 Å². The number of nitrogens with one attached hydrogen (secondary N) is 2. The van der Waals surface area contributed by atoms with E-state index < -0.39 is 24.3 Å². The van der Waals surface area contributed by atoms with Crippen LogP contribution in [0, 0.1) is 36.0 Å². The summed E-state index contributed by atoms with van der Waals surface area (Å²) in [7, 11) is 0. The molecule has 0 radical (unpaired) electrons. The first-order chi connectivity index (χ1) is 19.3. The highest BCUT2D eigenvalue weighted by Crippen LogP contribution is 2.34. The average Bonchev–Trinajstić information content (AvgIpc) is 3.76. The molecule has 222 valence electrons. The van der Waals surface area contributed by atoms with Crippen LogP contribution in [0.4, 0.5) is 0 Å². The largest absolute Gasteiger partial charge is 0.389 e. The Kier molecular flexibility index (Phi) is 13.9. The lowest BCUT2D eigenvalue weighted by molar-refractivity contribution is -0.132. The van der Waals surface area contributed by atoms with Gasteiger partial charge in [0, 0.05) is 12.2 Å². The predicted molar refractivity (Wildman–Crippen MR) is 164 cm³/mol. The molecule has 0 saturated heterocycles. The number of hydrogen-bond acceptors (Lipinski definition) is 5. The standard InChI is InChI=1S/C33H50N2O4S/c1-4-11-30(36)31(37)28(19-25-14-9-6-10-15-25)34-33(39)29(20-26-16-17-26)35-32(38)27(22-40-21-23(2)3)18-24-12-7-5-8-13-24/h1,5,7-8,12-13,23,25-31,36-37H,6,9-11,14-22H2,2-3H3,(H,34,39)(H,35,38)/t27-,28+,29+,30+,31-/m1/s1. The third-order valence-corrected chi connectivity index (χ3v) is 9.68. The van der Waals surface area contributed by atoms with Crippen LogP contribution in [-0.2, 0) is 16.0 Å². The number of rotatable bonds is 17. The van der Waals surface area contributed by atoms with Gasteiger partial charge in [-0.25, -0.2) is 0 Å². The van der Waals surface area contributed by atoms with E-state index in [4.69, 9.17) is 6.42 Å². The normalized spacial score (nSPS) is 19.7. The molecule has 7 heteroatoms. The number of thioether (sulfide) groups is 1. The highest BCUT2D eigenvalue weighted by atomic mass is 32.2. The molecule has 2 saturated carbocycles. The summed E-state index contributed by atoms with van der Waals surface area (Å²) < 4.78 is 0. The van der Waals surface area contributed by atoms with Gasteiger partial charge in [0.2, 0.25) is 11.8 Å². The van der Waals surface area contributed by atoms with Crippen molar-refractivity contribution in [2.45, 2.75) is 109 Å². The van der Waals surface area contributed by atoms with E-state index in [0.717, 1.165) is 49.8 Å². The van der Waals surface area contributed by atoms with Gasteiger partial charge in [0.25, 0.3) is 0 Å². The summed E-state index contributed by atoms with van der Waals surface area (Å²) in [5.74, 6) is 4.81. The molecule has 1 aromatic rings. The molecule has 0 bridgehead atoms. The van der Waals surface area contributed by atoms with Crippen LogP contribution >= 0.6 is 11.8 Å². The Bertz CT molecular complexity index is 940. The minimum atomic E-state index is -1.16. The van der Waals surface area contributed by atoms with Gasteiger partial charge in [0.15, 0.2) is 0 Å². The zero-order valence-corrected chi connectivity index (χ0v) is 25.2. The second-order valence-corrected chi connectivity index (χ2v) is 13.5. The van der Waals surface area contributed by atoms with Crippen molar-refractivity contribution in [3.63, 3.8) is 0 Å². The molecule has 2 aliphatic carbocycles. The van der Waals surface area contributed by atoms with Crippen LogP contribution in [0.15, 0.2) is 30.3 Å².